The lowest BCUT2D eigenvalue weighted by Gasteiger charge is -2.34. The molecule has 3 rings (SSSR count). The van der Waals surface area contributed by atoms with Gasteiger partial charge in [-0.2, -0.15) is 0 Å². The van der Waals surface area contributed by atoms with Crippen LogP contribution >= 0.6 is 11.6 Å². The number of carbonyl (C=O) groups is 2. The van der Waals surface area contributed by atoms with Crippen molar-refractivity contribution in [2.45, 2.75) is 26.3 Å². The second kappa shape index (κ2) is 10.9. The monoisotopic (exact) mass is 458 g/mol. The van der Waals surface area contributed by atoms with E-state index in [-0.39, 0.29) is 34.9 Å². The first kappa shape index (κ1) is 23.5. The molecular weight excluding hydrogens is 432 g/mol. The number of nitro groups is 1. The van der Waals surface area contributed by atoms with Gasteiger partial charge in [-0.1, -0.05) is 35.9 Å². The van der Waals surface area contributed by atoms with Gasteiger partial charge in [0.25, 0.3) is 5.69 Å². The number of nitrogens with zero attached hydrogens (tertiary/aromatic N) is 3. The van der Waals surface area contributed by atoms with Crippen LogP contribution in [0.4, 0.5) is 11.4 Å². The molecule has 0 radical (unpaired) electrons. The topological polar surface area (TPSA) is 95.8 Å². The van der Waals surface area contributed by atoms with E-state index in [1.165, 1.54) is 6.07 Å². The Morgan fingerprint density at radius 3 is 2.44 bits per heavy atom. The predicted octanol–water partition coefficient (Wildman–Crippen LogP) is 3.63. The number of hydrogen-bond donors (Lipinski definition) is 1. The Hall–Kier alpha value is -3.13. The Kier molecular flexibility index (Phi) is 8.05. The Balaban J connectivity index is 1.52. The third-order valence-corrected chi connectivity index (χ3v) is 5.95. The van der Waals surface area contributed by atoms with Gasteiger partial charge in [0.05, 0.1) is 11.5 Å². The van der Waals surface area contributed by atoms with Crippen molar-refractivity contribution >= 4 is 34.8 Å². The van der Waals surface area contributed by atoms with Gasteiger partial charge in [-0.25, -0.2) is 0 Å². The van der Waals surface area contributed by atoms with E-state index in [9.17, 15) is 19.7 Å². The minimum absolute atomic E-state index is 0.00724. The number of anilines is 1. The largest absolute Gasteiger partial charge is 0.366 e. The van der Waals surface area contributed by atoms with Gasteiger partial charge >= 0.3 is 0 Å². The van der Waals surface area contributed by atoms with Crippen molar-refractivity contribution in [3.8, 4) is 0 Å². The maximum atomic E-state index is 13.0. The van der Waals surface area contributed by atoms with Crippen molar-refractivity contribution < 1.29 is 14.5 Å². The fourth-order valence-electron chi connectivity index (χ4n) is 3.89. The van der Waals surface area contributed by atoms with Crippen LogP contribution in [0.3, 0.4) is 0 Å². The molecule has 1 fully saturated rings. The van der Waals surface area contributed by atoms with Crippen LogP contribution in [0.5, 0.6) is 0 Å². The normalized spacial score (nSPS) is 14.1. The summed E-state index contributed by atoms with van der Waals surface area (Å²) in [6.45, 7) is 3.79. The van der Waals surface area contributed by atoms with Crippen molar-refractivity contribution in [2.75, 3.05) is 31.1 Å². The number of amides is 2. The average Bonchev–Trinajstić information content (AvgIpc) is 2.82. The zero-order chi connectivity index (χ0) is 23.1. The first-order chi connectivity index (χ1) is 15.4. The average molecular weight is 459 g/mol. The molecule has 1 aliphatic rings. The maximum Gasteiger partial charge on any atom is 0.292 e. The van der Waals surface area contributed by atoms with Crippen molar-refractivity contribution in [1.82, 2.24) is 10.2 Å². The van der Waals surface area contributed by atoms with Gasteiger partial charge in [0.2, 0.25) is 11.8 Å². The van der Waals surface area contributed by atoms with Crippen LogP contribution in [-0.2, 0) is 16.1 Å². The Bertz CT molecular complexity index is 959. The van der Waals surface area contributed by atoms with Gasteiger partial charge < -0.3 is 15.1 Å². The molecule has 170 valence electrons. The number of piperidine rings is 1. The minimum atomic E-state index is -0.381. The van der Waals surface area contributed by atoms with Gasteiger partial charge in [-0.05, 0) is 43.5 Å². The minimum Gasteiger partial charge on any atom is -0.366 e. The van der Waals surface area contributed by atoms with Crippen LogP contribution in [0, 0.1) is 16.0 Å². The lowest BCUT2D eigenvalue weighted by Crippen LogP contribution is -2.46. The van der Waals surface area contributed by atoms with E-state index < -0.39 is 0 Å². The summed E-state index contributed by atoms with van der Waals surface area (Å²) in [5.74, 6) is -0.457. The van der Waals surface area contributed by atoms with Crippen molar-refractivity contribution in [3.63, 3.8) is 0 Å². The van der Waals surface area contributed by atoms with E-state index >= 15 is 0 Å². The highest BCUT2D eigenvalue weighted by Gasteiger charge is 2.30. The maximum absolute atomic E-state index is 13.0. The molecule has 32 heavy (non-hydrogen) atoms. The highest BCUT2D eigenvalue weighted by molar-refractivity contribution is 6.30. The molecule has 0 unspecified atom stereocenters. The van der Waals surface area contributed by atoms with E-state index in [0.717, 1.165) is 5.56 Å². The molecule has 1 aliphatic heterocycles. The van der Waals surface area contributed by atoms with E-state index in [2.05, 4.69) is 5.32 Å². The van der Waals surface area contributed by atoms with Gasteiger partial charge in [0, 0.05) is 43.2 Å². The highest BCUT2D eigenvalue weighted by Crippen LogP contribution is 2.31. The van der Waals surface area contributed by atoms with Crippen molar-refractivity contribution in [1.29, 1.82) is 0 Å². The number of likely N-dealkylation sites (N-methyl/N-ethyl adjacent to an activating group) is 1. The summed E-state index contributed by atoms with van der Waals surface area (Å²) in [6.07, 6.45) is 1.18. The second-order valence-corrected chi connectivity index (χ2v) is 8.20. The SMILES string of the molecule is CCN(CC(=O)NCc1ccc(Cl)cc1)C(=O)C1CCN(c2ccccc2[N+](=O)[O-])CC1. The van der Waals surface area contributed by atoms with E-state index in [4.69, 9.17) is 11.6 Å². The molecule has 9 heteroatoms. The van der Waals surface area contributed by atoms with Crippen LogP contribution in [-0.4, -0.2) is 47.8 Å². The van der Waals surface area contributed by atoms with Crippen molar-refractivity contribution in [2.24, 2.45) is 5.92 Å². The summed E-state index contributed by atoms with van der Waals surface area (Å²) in [5, 5.41) is 14.8. The Morgan fingerprint density at radius 1 is 1.16 bits per heavy atom. The molecule has 0 aromatic heterocycles. The summed E-state index contributed by atoms with van der Waals surface area (Å²) < 4.78 is 0. The van der Waals surface area contributed by atoms with Crippen LogP contribution in [0.2, 0.25) is 5.02 Å². The lowest BCUT2D eigenvalue weighted by molar-refractivity contribution is -0.384. The highest BCUT2D eigenvalue weighted by atomic mass is 35.5. The Labute approximate surface area is 192 Å². The molecule has 2 aromatic carbocycles. The zero-order valence-electron chi connectivity index (χ0n) is 18.0. The summed E-state index contributed by atoms with van der Waals surface area (Å²) in [7, 11) is 0. The summed E-state index contributed by atoms with van der Waals surface area (Å²) in [4.78, 5) is 39.8. The molecule has 1 heterocycles. The van der Waals surface area contributed by atoms with Crippen LogP contribution in [0.25, 0.3) is 0 Å². The van der Waals surface area contributed by atoms with E-state index in [1.807, 2.05) is 24.0 Å². The summed E-state index contributed by atoms with van der Waals surface area (Å²) >= 11 is 5.87. The standard InChI is InChI=1S/C23H27ClN4O4/c1-2-26(16-22(29)25-15-17-7-9-19(24)10-8-17)23(30)18-11-13-27(14-12-18)20-5-3-4-6-21(20)28(31)32/h3-10,18H,2,11-16H2,1H3,(H,25,29). The number of nitro benzene ring substituents is 1. The van der Waals surface area contributed by atoms with E-state index in [0.29, 0.717) is 49.7 Å². The molecule has 0 aliphatic carbocycles. The number of carbonyl (C=O) groups excluding carboxylic acids is 2. The quantitative estimate of drug-likeness (QED) is 0.481. The smallest absolute Gasteiger partial charge is 0.292 e. The van der Waals surface area contributed by atoms with Crippen molar-refractivity contribution in [3.05, 3.63) is 69.2 Å². The number of hydrogen-bond acceptors (Lipinski definition) is 5. The molecule has 8 nitrogen and oxygen atoms in total. The number of para-hydroxylation sites is 2. The van der Waals surface area contributed by atoms with Gasteiger partial charge in [0.15, 0.2) is 0 Å². The molecule has 0 atom stereocenters. The molecule has 2 aromatic rings. The third-order valence-electron chi connectivity index (χ3n) is 5.69. The van der Waals surface area contributed by atoms with E-state index in [1.54, 1.807) is 35.2 Å². The molecule has 1 saturated heterocycles. The van der Waals surface area contributed by atoms with Gasteiger partial charge in [0.1, 0.15) is 5.69 Å². The molecule has 0 spiro atoms. The van der Waals surface area contributed by atoms with Crippen LogP contribution in [0.1, 0.15) is 25.3 Å². The fourth-order valence-corrected chi connectivity index (χ4v) is 4.02. The molecule has 1 N–H and O–H groups in total. The lowest BCUT2D eigenvalue weighted by atomic mass is 9.94. The second-order valence-electron chi connectivity index (χ2n) is 7.76. The van der Waals surface area contributed by atoms with Crippen LogP contribution < -0.4 is 10.2 Å². The molecule has 0 saturated carbocycles. The molecule has 0 bridgehead atoms. The Morgan fingerprint density at radius 2 is 1.81 bits per heavy atom. The number of halogens is 1. The van der Waals surface area contributed by atoms with Crippen LogP contribution in [0.15, 0.2) is 48.5 Å². The first-order valence-electron chi connectivity index (χ1n) is 10.7. The zero-order valence-corrected chi connectivity index (χ0v) is 18.8. The third kappa shape index (κ3) is 5.97. The number of benzene rings is 2. The van der Waals surface area contributed by atoms with Gasteiger partial charge in [-0.15, -0.1) is 0 Å². The number of nitrogens with one attached hydrogen (secondary N) is 1. The molecule has 2 amide bonds. The van der Waals surface area contributed by atoms with Gasteiger partial charge in [-0.3, -0.25) is 19.7 Å². The summed E-state index contributed by atoms with van der Waals surface area (Å²) in [5.41, 5.74) is 1.58. The summed E-state index contributed by atoms with van der Waals surface area (Å²) in [6, 6.07) is 13.9. The predicted molar refractivity (Wildman–Crippen MR) is 124 cm³/mol. The number of rotatable bonds is 8. The molecular formula is C23H27ClN4O4. The fraction of sp³-hybridized carbons (Fsp3) is 0.391. The first-order valence-corrected chi connectivity index (χ1v) is 11.0.